The predicted octanol–water partition coefficient (Wildman–Crippen LogP) is 6.65. The van der Waals surface area contributed by atoms with Crippen LogP contribution in [0.15, 0.2) is 96.6 Å². The van der Waals surface area contributed by atoms with Crippen LogP contribution in [0, 0.1) is 5.92 Å². The van der Waals surface area contributed by atoms with Crippen molar-refractivity contribution >= 4 is 35.0 Å². The van der Waals surface area contributed by atoms with Crippen molar-refractivity contribution in [2.45, 2.75) is 19.3 Å². The van der Waals surface area contributed by atoms with E-state index in [1.807, 2.05) is 18.2 Å². The first-order valence-electron chi connectivity index (χ1n) is 13.2. The van der Waals surface area contributed by atoms with E-state index in [0.717, 1.165) is 44.5 Å². The van der Waals surface area contributed by atoms with Gasteiger partial charge in [0.15, 0.2) is 0 Å². The van der Waals surface area contributed by atoms with Crippen molar-refractivity contribution in [2.24, 2.45) is 5.92 Å². The summed E-state index contributed by atoms with van der Waals surface area (Å²) in [6, 6.07) is 16.9. The second kappa shape index (κ2) is 11.5. The normalized spacial score (nSPS) is 16.2. The van der Waals surface area contributed by atoms with Crippen molar-refractivity contribution in [1.29, 1.82) is 0 Å². The summed E-state index contributed by atoms with van der Waals surface area (Å²) >= 11 is 0. The number of allylic oxidation sites excluding steroid dienone is 6. The molecule has 1 atom stereocenters. The number of aliphatic carboxylic acids is 2. The number of aromatic carboxylic acids is 2. The molecule has 0 fully saturated rings. The number of carboxylic acid groups (broad SMARTS) is 4. The van der Waals surface area contributed by atoms with Gasteiger partial charge in [0.05, 0.1) is 17.0 Å². The number of benzene rings is 3. The first-order valence-corrected chi connectivity index (χ1v) is 13.2. The van der Waals surface area contributed by atoms with Gasteiger partial charge in [-0.1, -0.05) is 54.6 Å². The maximum Gasteiger partial charge on any atom is 0.335 e. The fraction of sp³-hybridized carbons (Fsp3) is 0.118. The lowest BCUT2D eigenvalue weighted by atomic mass is 9.81. The van der Waals surface area contributed by atoms with Gasteiger partial charge in [-0.05, 0) is 100 Å². The van der Waals surface area contributed by atoms with E-state index >= 15 is 0 Å². The van der Waals surface area contributed by atoms with Gasteiger partial charge in [0.1, 0.15) is 0 Å². The van der Waals surface area contributed by atoms with Gasteiger partial charge in [0.2, 0.25) is 0 Å². The van der Waals surface area contributed by atoms with Crippen LogP contribution < -0.4 is 0 Å². The highest BCUT2D eigenvalue weighted by molar-refractivity contribution is 5.97. The van der Waals surface area contributed by atoms with Crippen molar-refractivity contribution in [3.05, 3.63) is 119 Å². The summed E-state index contributed by atoms with van der Waals surface area (Å²) in [4.78, 5) is 46.1. The van der Waals surface area contributed by atoms with Crippen molar-refractivity contribution < 1.29 is 39.6 Å². The number of hydrogen-bond acceptors (Lipinski definition) is 4. The van der Waals surface area contributed by atoms with E-state index in [1.54, 1.807) is 48.6 Å². The minimum Gasteiger partial charge on any atom is -0.481 e. The first kappa shape index (κ1) is 28.0. The van der Waals surface area contributed by atoms with Gasteiger partial charge < -0.3 is 20.4 Å². The minimum absolute atomic E-state index is 0.135. The predicted molar refractivity (Wildman–Crippen MR) is 157 cm³/mol. The summed E-state index contributed by atoms with van der Waals surface area (Å²) in [7, 11) is 0. The van der Waals surface area contributed by atoms with E-state index in [0.29, 0.717) is 24.8 Å². The molecule has 0 saturated carbocycles. The van der Waals surface area contributed by atoms with Crippen LogP contribution in [0.25, 0.3) is 33.4 Å². The van der Waals surface area contributed by atoms with Crippen LogP contribution in [0.3, 0.4) is 0 Å². The molecule has 2 aliphatic carbocycles. The quantitative estimate of drug-likeness (QED) is 0.238. The van der Waals surface area contributed by atoms with E-state index in [1.165, 1.54) is 24.3 Å². The summed E-state index contributed by atoms with van der Waals surface area (Å²) in [5.41, 5.74) is 6.96. The Kier molecular flexibility index (Phi) is 7.71. The molecular formula is C34H26O8. The number of rotatable bonds is 8. The molecule has 0 spiro atoms. The lowest BCUT2D eigenvalue weighted by molar-refractivity contribution is -0.140. The Balaban J connectivity index is 1.75. The van der Waals surface area contributed by atoms with Gasteiger partial charge in [0, 0.05) is 5.57 Å². The van der Waals surface area contributed by atoms with Gasteiger partial charge in [-0.15, -0.1) is 0 Å². The second-order valence-electron chi connectivity index (χ2n) is 10.1. The number of carboxylic acids is 4. The second-order valence-corrected chi connectivity index (χ2v) is 10.1. The summed E-state index contributed by atoms with van der Waals surface area (Å²) in [6.45, 7) is 0. The molecule has 0 saturated heterocycles. The number of carbonyl (C=O) groups is 4. The zero-order valence-corrected chi connectivity index (χ0v) is 22.3. The molecule has 42 heavy (non-hydrogen) atoms. The topological polar surface area (TPSA) is 149 Å². The zero-order chi connectivity index (χ0) is 30.0. The van der Waals surface area contributed by atoms with E-state index in [-0.39, 0.29) is 11.1 Å². The molecule has 0 heterocycles. The third-order valence-electron chi connectivity index (χ3n) is 7.54. The van der Waals surface area contributed by atoms with Crippen molar-refractivity contribution in [3.63, 3.8) is 0 Å². The molecule has 0 aromatic heterocycles. The Hall–Kier alpha value is -5.50. The highest BCUT2D eigenvalue weighted by Gasteiger charge is 2.23. The maximum absolute atomic E-state index is 11.6. The summed E-state index contributed by atoms with van der Waals surface area (Å²) in [6.07, 6.45) is 9.79. The lowest BCUT2D eigenvalue weighted by Crippen LogP contribution is -2.12. The third-order valence-corrected chi connectivity index (χ3v) is 7.54. The third kappa shape index (κ3) is 5.69. The smallest absolute Gasteiger partial charge is 0.335 e. The highest BCUT2D eigenvalue weighted by Crippen LogP contribution is 2.42. The van der Waals surface area contributed by atoms with Gasteiger partial charge in [0.25, 0.3) is 0 Å². The molecule has 2 aliphatic rings. The fourth-order valence-corrected chi connectivity index (χ4v) is 5.21. The molecule has 0 aliphatic heterocycles. The Morgan fingerprint density at radius 3 is 1.60 bits per heavy atom. The molecule has 3 aromatic rings. The van der Waals surface area contributed by atoms with E-state index in [2.05, 4.69) is 0 Å². The summed E-state index contributed by atoms with van der Waals surface area (Å²) < 4.78 is 0. The van der Waals surface area contributed by atoms with E-state index < -0.39 is 29.8 Å². The van der Waals surface area contributed by atoms with E-state index in [9.17, 15) is 39.6 Å². The van der Waals surface area contributed by atoms with Crippen molar-refractivity contribution in [3.8, 4) is 22.3 Å². The first-order chi connectivity index (χ1) is 20.1. The fourth-order valence-electron chi connectivity index (χ4n) is 5.21. The Labute approximate surface area is 240 Å². The van der Waals surface area contributed by atoms with Crippen LogP contribution in [-0.2, 0) is 9.59 Å². The largest absolute Gasteiger partial charge is 0.481 e. The van der Waals surface area contributed by atoms with Crippen LogP contribution in [0.2, 0.25) is 0 Å². The number of hydrogen-bond donors (Lipinski definition) is 4. The van der Waals surface area contributed by atoms with Crippen molar-refractivity contribution in [2.75, 3.05) is 0 Å². The van der Waals surface area contributed by atoms with Crippen LogP contribution in [-0.4, -0.2) is 44.3 Å². The minimum atomic E-state index is -1.05. The molecule has 210 valence electrons. The summed E-state index contributed by atoms with van der Waals surface area (Å²) in [5.74, 6) is -4.62. The average Bonchev–Trinajstić information content (AvgIpc) is 3.00. The molecule has 1 unspecified atom stereocenters. The molecule has 4 N–H and O–H groups in total. The monoisotopic (exact) mass is 562 g/mol. The molecular weight excluding hydrogens is 536 g/mol. The van der Waals surface area contributed by atoms with Crippen LogP contribution in [0.5, 0.6) is 0 Å². The molecule has 5 rings (SSSR count). The van der Waals surface area contributed by atoms with Gasteiger partial charge in [-0.2, -0.15) is 0 Å². The summed E-state index contributed by atoms with van der Waals surface area (Å²) in [5, 5.41) is 37.7. The molecule has 3 aromatic carbocycles. The SMILES string of the molecule is O=C(O)C1=CC=C(c2cc(C3=CCC(C(=O)O)C=C3)c(-c3ccc(C(=O)O)cc3)cc2-c2ccc(C(=O)O)cc2)CC1. The average molecular weight is 563 g/mol. The zero-order valence-electron chi connectivity index (χ0n) is 22.3. The molecule has 0 amide bonds. The maximum atomic E-state index is 11.6. The Bertz CT molecular complexity index is 1740. The highest BCUT2D eigenvalue weighted by atomic mass is 16.4. The molecule has 0 bridgehead atoms. The van der Waals surface area contributed by atoms with E-state index in [4.69, 9.17) is 0 Å². The van der Waals surface area contributed by atoms with Gasteiger partial charge in [-0.25, -0.2) is 14.4 Å². The molecule has 8 heteroatoms. The van der Waals surface area contributed by atoms with Gasteiger partial charge >= 0.3 is 23.9 Å². The Morgan fingerprint density at radius 2 is 1.17 bits per heavy atom. The van der Waals surface area contributed by atoms with Crippen LogP contribution in [0.1, 0.15) is 51.1 Å². The lowest BCUT2D eigenvalue weighted by Gasteiger charge is -2.22. The molecule has 8 nitrogen and oxygen atoms in total. The standard InChI is InChI=1S/C34H26O8/c35-31(36)23-9-1-19(2-10-23)27-17-29(21-5-13-25(14-6-21)33(39)40)30(22-7-15-26(16-8-22)34(41)42)18-28(27)20-3-11-24(12-4-20)32(37)38/h1-7,9-11,13-15,17-18,24H,8,12,16H2,(H,35,36)(H,37,38)(H,39,40)(H,41,42). The van der Waals surface area contributed by atoms with Crippen molar-refractivity contribution in [1.82, 2.24) is 0 Å². The molecule has 0 radical (unpaired) electrons. The van der Waals surface area contributed by atoms with Gasteiger partial charge in [-0.3, -0.25) is 4.79 Å². The Morgan fingerprint density at radius 1 is 0.619 bits per heavy atom. The van der Waals surface area contributed by atoms with Crippen LogP contribution >= 0.6 is 0 Å². The van der Waals surface area contributed by atoms with Crippen LogP contribution in [0.4, 0.5) is 0 Å².